The lowest BCUT2D eigenvalue weighted by Gasteiger charge is -2.19. The molecule has 0 aliphatic carbocycles. The maximum Gasteiger partial charge on any atom is 0.252 e. The normalized spacial score (nSPS) is 14.5. The van der Waals surface area contributed by atoms with Gasteiger partial charge in [-0.2, -0.15) is 0 Å². The Morgan fingerprint density at radius 2 is 2.38 bits per heavy atom. The van der Waals surface area contributed by atoms with Gasteiger partial charge in [0.1, 0.15) is 0 Å². The second-order valence-electron chi connectivity index (χ2n) is 3.12. The number of anilines is 1. The third-order valence-corrected chi connectivity index (χ3v) is 2.21. The highest BCUT2D eigenvalue weighted by atomic mass is 16.1. The van der Waals surface area contributed by atoms with Gasteiger partial charge in [-0.25, -0.2) is 0 Å². The second-order valence-corrected chi connectivity index (χ2v) is 3.12. The van der Waals surface area contributed by atoms with Gasteiger partial charge in [-0.15, -0.1) is 0 Å². The monoisotopic (exact) mass is 177 g/mol. The fourth-order valence-corrected chi connectivity index (χ4v) is 1.58. The SMILES string of the molecule is NC(=O)c1cncc2c1NCCC2. The van der Waals surface area contributed by atoms with Crippen LogP contribution in [0.1, 0.15) is 22.3 Å². The molecule has 0 radical (unpaired) electrons. The Hall–Kier alpha value is -1.58. The van der Waals surface area contributed by atoms with Gasteiger partial charge in [0.15, 0.2) is 0 Å². The number of nitrogens with two attached hydrogens (primary N) is 1. The van der Waals surface area contributed by atoms with Gasteiger partial charge in [-0.1, -0.05) is 0 Å². The van der Waals surface area contributed by atoms with Gasteiger partial charge >= 0.3 is 0 Å². The number of aryl methyl sites for hydroxylation is 1. The molecule has 0 saturated carbocycles. The molecule has 1 aliphatic heterocycles. The number of nitrogens with one attached hydrogen (secondary N) is 1. The number of hydrogen-bond donors (Lipinski definition) is 2. The van der Waals surface area contributed by atoms with Crippen molar-refractivity contribution in [2.75, 3.05) is 11.9 Å². The van der Waals surface area contributed by atoms with E-state index in [9.17, 15) is 4.79 Å². The van der Waals surface area contributed by atoms with E-state index in [2.05, 4.69) is 10.3 Å². The zero-order chi connectivity index (χ0) is 9.26. The van der Waals surface area contributed by atoms with E-state index in [1.807, 2.05) is 0 Å². The van der Waals surface area contributed by atoms with Crippen molar-refractivity contribution in [1.82, 2.24) is 4.98 Å². The Morgan fingerprint density at radius 1 is 1.54 bits per heavy atom. The summed E-state index contributed by atoms with van der Waals surface area (Å²) < 4.78 is 0. The van der Waals surface area contributed by atoms with E-state index < -0.39 is 5.91 Å². The summed E-state index contributed by atoms with van der Waals surface area (Å²) in [6, 6.07) is 0. The molecule has 2 heterocycles. The van der Waals surface area contributed by atoms with Crippen LogP contribution in [-0.2, 0) is 6.42 Å². The Kier molecular flexibility index (Phi) is 1.88. The molecule has 1 aromatic rings. The topological polar surface area (TPSA) is 68.0 Å². The number of rotatable bonds is 1. The molecule has 0 atom stereocenters. The van der Waals surface area contributed by atoms with Crippen LogP contribution in [-0.4, -0.2) is 17.4 Å². The highest BCUT2D eigenvalue weighted by Crippen LogP contribution is 2.24. The minimum atomic E-state index is -0.418. The molecule has 0 aromatic carbocycles. The molecule has 1 amide bonds. The van der Waals surface area contributed by atoms with Gasteiger partial charge in [0.25, 0.3) is 5.91 Å². The van der Waals surface area contributed by atoms with Crippen molar-refractivity contribution in [3.05, 3.63) is 23.5 Å². The van der Waals surface area contributed by atoms with Crippen LogP contribution in [0, 0.1) is 0 Å². The molecular weight excluding hydrogens is 166 g/mol. The van der Waals surface area contributed by atoms with Crippen LogP contribution in [0.15, 0.2) is 12.4 Å². The third-order valence-electron chi connectivity index (χ3n) is 2.21. The van der Waals surface area contributed by atoms with Gasteiger partial charge in [-0.05, 0) is 18.4 Å². The van der Waals surface area contributed by atoms with Gasteiger partial charge in [0.2, 0.25) is 0 Å². The number of aromatic nitrogens is 1. The van der Waals surface area contributed by atoms with Crippen molar-refractivity contribution in [2.24, 2.45) is 5.73 Å². The summed E-state index contributed by atoms with van der Waals surface area (Å²) in [6.45, 7) is 0.900. The van der Waals surface area contributed by atoms with Crippen molar-refractivity contribution >= 4 is 11.6 Å². The first-order chi connectivity index (χ1) is 6.29. The summed E-state index contributed by atoms with van der Waals surface area (Å²) in [4.78, 5) is 15.0. The summed E-state index contributed by atoms with van der Waals surface area (Å²) in [6.07, 6.45) is 5.35. The molecule has 13 heavy (non-hydrogen) atoms. The van der Waals surface area contributed by atoms with Crippen LogP contribution < -0.4 is 11.1 Å². The van der Waals surface area contributed by atoms with Gasteiger partial charge < -0.3 is 11.1 Å². The lowest BCUT2D eigenvalue weighted by atomic mass is 10.0. The average Bonchev–Trinajstić information content (AvgIpc) is 2.17. The van der Waals surface area contributed by atoms with Crippen molar-refractivity contribution < 1.29 is 4.79 Å². The molecule has 1 aliphatic rings. The van der Waals surface area contributed by atoms with Crippen LogP contribution >= 0.6 is 0 Å². The highest BCUT2D eigenvalue weighted by molar-refractivity contribution is 5.98. The molecule has 2 rings (SSSR count). The number of pyridine rings is 1. The molecule has 0 bridgehead atoms. The summed E-state index contributed by atoms with van der Waals surface area (Å²) in [5.41, 5.74) is 7.67. The standard InChI is InChI=1S/C9H11N3O/c10-9(13)7-5-11-4-6-2-1-3-12-8(6)7/h4-5,12H,1-3H2,(H2,10,13). The van der Waals surface area contributed by atoms with Crippen LogP contribution in [0.3, 0.4) is 0 Å². The number of hydrogen-bond acceptors (Lipinski definition) is 3. The number of primary amides is 1. The van der Waals surface area contributed by atoms with Gasteiger partial charge in [0.05, 0.1) is 11.3 Å². The minimum absolute atomic E-state index is 0.418. The van der Waals surface area contributed by atoms with Crippen LogP contribution in [0.2, 0.25) is 0 Å². The first-order valence-corrected chi connectivity index (χ1v) is 4.29. The second kappa shape index (κ2) is 3.05. The molecule has 0 saturated heterocycles. The van der Waals surface area contributed by atoms with Gasteiger partial charge in [0, 0.05) is 18.9 Å². The van der Waals surface area contributed by atoms with E-state index in [0.717, 1.165) is 30.6 Å². The van der Waals surface area contributed by atoms with Crippen LogP contribution in [0.4, 0.5) is 5.69 Å². The zero-order valence-corrected chi connectivity index (χ0v) is 7.21. The molecule has 0 spiro atoms. The molecule has 1 aromatic heterocycles. The largest absolute Gasteiger partial charge is 0.384 e. The Balaban J connectivity index is 2.52. The van der Waals surface area contributed by atoms with E-state index in [0.29, 0.717) is 5.56 Å². The first-order valence-electron chi connectivity index (χ1n) is 4.29. The van der Waals surface area contributed by atoms with E-state index in [1.165, 1.54) is 6.20 Å². The van der Waals surface area contributed by atoms with Gasteiger partial charge in [-0.3, -0.25) is 9.78 Å². The van der Waals surface area contributed by atoms with Crippen molar-refractivity contribution in [1.29, 1.82) is 0 Å². The van der Waals surface area contributed by atoms with Crippen molar-refractivity contribution in [2.45, 2.75) is 12.8 Å². The first kappa shape index (κ1) is 8.04. The lowest BCUT2D eigenvalue weighted by Crippen LogP contribution is -2.19. The molecule has 0 unspecified atom stereocenters. The minimum Gasteiger partial charge on any atom is -0.384 e. The number of fused-ring (bicyclic) bond motifs is 1. The number of nitrogens with zero attached hydrogens (tertiary/aromatic N) is 1. The molecular formula is C9H11N3O. The zero-order valence-electron chi connectivity index (χ0n) is 7.21. The Bertz CT molecular complexity index is 349. The fourth-order valence-electron chi connectivity index (χ4n) is 1.58. The average molecular weight is 177 g/mol. The molecule has 3 N–H and O–H groups in total. The van der Waals surface area contributed by atoms with Crippen LogP contribution in [0.5, 0.6) is 0 Å². The Morgan fingerprint density at radius 3 is 3.15 bits per heavy atom. The smallest absolute Gasteiger partial charge is 0.252 e. The lowest BCUT2D eigenvalue weighted by molar-refractivity contribution is 0.100. The van der Waals surface area contributed by atoms with Crippen LogP contribution in [0.25, 0.3) is 0 Å². The molecule has 68 valence electrons. The highest BCUT2D eigenvalue weighted by Gasteiger charge is 2.15. The summed E-state index contributed by atoms with van der Waals surface area (Å²) in [5.74, 6) is -0.418. The quantitative estimate of drug-likeness (QED) is 0.657. The molecule has 4 nitrogen and oxygen atoms in total. The predicted molar refractivity (Wildman–Crippen MR) is 49.6 cm³/mol. The maximum atomic E-state index is 11.0. The molecule has 0 fully saturated rings. The predicted octanol–water partition coefficient (Wildman–Crippen LogP) is 0.539. The Labute approximate surface area is 76.2 Å². The van der Waals surface area contributed by atoms with E-state index in [1.54, 1.807) is 6.20 Å². The number of carbonyl (C=O) groups excluding carboxylic acids is 1. The summed E-state index contributed by atoms with van der Waals surface area (Å²) in [7, 11) is 0. The molecule has 4 heteroatoms. The fraction of sp³-hybridized carbons (Fsp3) is 0.333. The number of carbonyl (C=O) groups is 1. The van der Waals surface area contributed by atoms with Crippen molar-refractivity contribution in [3.8, 4) is 0 Å². The summed E-state index contributed by atoms with van der Waals surface area (Å²) >= 11 is 0. The third kappa shape index (κ3) is 1.35. The van der Waals surface area contributed by atoms with E-state index in [4.69, 9.17) is 5.73 Å². The van der Waals surface area contributed by atoms with Crippen molar-refractivity contribution in [3.63, 3.8) is 0 Å². The number of amides is 1. The van der Waals surface area contributed by atoms with E-state index >= 15 is 0 Å². The maximum absolute atomic E-state index is 11.0. The van der Waals surface area contributed by atoms with E-state index in [-0.39, 0.29) is 0 Å². The summed E-state index contributed by atoms with van der Waals surface area (Å²) in [5, 5.41) is 3.17.